The average molecular weight is 474 g/mol. The number of aromatic nitrogens is 1. The lowest BCUT2D eigenvalue weighted by atomic mass is 9.88. The highest BCUT2D eigenvalue weighted by Crippen LogP contribution is 2.49. The summed E-state index contributed by atoms with van der Waals surface area (Å²) in [5, 5.41) is 13.8. The summed E-state index contributed by atoms with van der Waals surface area (Å²) in [7, 11) is 0. The van der Waals surface area contributed by atoms with Gasteiger partial charge in [0.2, 0.25) is 5.91 Å². The van der Waals surface area contributed by atoms with Crippen LogP contribution < -0.4 is 10.9 Å². The van der Waals surface area contributed by atoms with Gasteiger partial charge in [-0.15, -0.1) is 0 Å². The van der Waals surface area contributed by atoms with Gasteiger partial charge in [-0.1, -0.05) is 37.3 Å². The van der Waals surface area contributed by atoms with Gasteiger partial charge in [0.25, 0.3) is 5.56 Å². The van der Waals surface area contributed by atoms with Crippen LogP contribution in [0, 0.1) is 11.8 Å². The Hall–Kier alpha value is -2.70. The molecule has 0 radical (unpaired) electrons. The average Bonchev–Trinajstić information content (AvgIpc) is 3.63. The van der Waals surface area contributed by atoms with Crippen LogP contribution >= 0.6 is 0 Å². The summed E-state index contributed by atoms with van der Waals surface area (Å²) < 4.78 is 1.93. The Balaban J connectivity index is 1.29. The Bertz CT molecular complexity index is 1210. The van der Waals surface area contributed by atoms with Gasteiger partial charge in [-0.05, 0) is 73.9 Å². The predicted molar refractivity (Wildman–Crippen MR) is 136 cm³/mol. The fourth-order valence-electron chi connectivity index (χ4n) is 7.23. The number of hydrogen-bond donors (Lipinski definition) is 2. The number of amides is 1. The van der Waals surface area contributed by atoms with E-state index in [9.17, 15) is 14.7 Å². The summed E-state index contributed by atoms with van der Waals surface area (Å²) >= 11 is 0. The van der Waals surface area contributed by atoms with E-state index < -0.39 is 0 Å². The van der Waals surface area contributed by atoms with Crippen LogP contribution in [0.15, 0.2) is 47.3 Å². The zero-order chi connectivity index (χ0) is 24.1. The molecule has 184 valence electrons. The molecule has 1 aromatic carbocycles. The Morgan fingerprint density at radius 3 is 2.57 bits per heavy atom. The molecular weight excluding hydrogens is 438 g/mol. The van der Waals surface area contributed by atoms with Crippen LogP contribution in [0.2, 0.25) is 0 Å². The number of likely N-dealkylation sites (tertiary alicyclic amines) is 1. The molecule has 1 amide bonds. The lowest BCUT2D eigenvalue weighted by Crippen LogP contribution is -2.51. The fraction of sp³-hybridized carbons (Fsp3) is 0.517. The van der Waals surface area contributed by atoms with E-state index in [1.165, 1.54) is 16.7 Å². The maximum absolute atomic E-state index is 13.7. The standard InChI is InChI=1S/C29H35N3O3/c1-2-13-31-26-23(16-32-25(26)12-11-22(29(32)35)18-7-3-4-8-18)24(17-33)27(31)28(34)30-21-14-19-9-5-6-10-20(19)15-21/h5-7,9-12,21,23-24,26-27,33H,2-4,8,13-17H2,1H3,(H,30,34)/t23-,24-,26+,27-/m0/s1. The van der Waals surface area contributed by atoms with Crippen molar-refractivity contribution in [2.24, 2.45) is 11.8 Å². The van der Waals surface area contributed by atoms with Gasteiger partial charge < -0.3 is 15.0 Å². The van der Waals surface area contributed by atoms with Gasteiger partial charge in [-0.3, -0.25) is 14.5 Å². The second-order valence-corrected chi connectivity index (χ2v) is 10.7. The van der Waals surface area contributed by atoms with Crippen molar-refractivity contribution in [2.75, 3.05) is 13.2 Å². The minimum Gasteiger partial charge on any atom is -0.396 e. The number of aliphatic hydroxyl groups excluding tert-OH is 1. The van der Waals surface area contributed by atoms with Crippen molar-refractivity contribution in [3.8, 4) is 0 Å². The number of nitrogens with zero attached hydrogens (tertiary/aromatic N) is 2. The third kappa shape index (κ3) is 3.69. The molecule has 4 aliphatic rings. The number of carbonyl (C=O) groups excluding carboxylic acids is 1. The predicted octanol–water partition coefficient (Wildman–Crippen LogP) is 3.07. The number of hydrogen-bond acceptors (Lipinski definition) is 4. The van der Waals surface area contributed by atoms with Gasteiger partial charge in [-0.2, -0.15) is 0 Å². The minimum absolute atomic E-state index is 0.0112. The molecule has 2 N–H and O–H groups in total. The number of carbonyl (C=O) groups is 1. The third-order valence-electron chi connectivity index (χ3n) is 8.73. The van der Waals surface area contributed by atoms with Crippen LogP contribution in [0.5, 0.6) is 0 Å². The maximum atomic E-state index is 13.7. The number of rotatable bonds is 6. The summed E-state index contributed by atoms with van der Waals surface area (Å²) in [6.45, 7) is 3.42. The quantitative estimate of drug-likeness (QED) is 0.676. The second kappa shape index (κ2) is 9.07. The molecule has 1 aromatic heterocycles. The molecular formula is C29H35N3O3. The summed E-state index contributed by atoms with van der Waals surface area (Å²) in [6.07, 6.45) is 7.95. The van der Waals surface area contributed by atoms with Gasteiger partial charge in [0, 0.05) is 42.3 Å². The van der Waals surface area contributed by atoms with Gasteiger partial charge in [0.1, 0.15) is 0 Å². The monoisotopic (exact) mass is 473 g/mol. The molecule has 2 aliphatic carbocycles. The van der Waals surface area contributed by atoms with Crippen LogP contribution in [0.1, 0.15) is 61.0 Å². The molecule has 0 unspecified atom stereocenters. The van der Waals surface area contributed by atoms with Crippen LogP contribution in [-0.2, 0) is 24.2 Å². The molecule has 2 aromatic rings. The van der Waals surface area contributed by atoms with Crippen LogP contribution in [-0.4, -0.2) is 45.7 Å². The number of aliphatic hydroxyl groups is 1. The van der Waals surface area contributed by atoms with Crippen molar-refractivity contribution in [3.63, 3.8) is 0 Å². The zero-order valence-electron chi connectivity index (χ0n) is 20.5. The molecule has 4 atom stereocenters. The maximum Gasteiger partial charge on any atom is 0.258 e. The molecule has 6 rings (SSSR count). The molecule has 1 saturated heterocycles. The van der Waals surface area contributed by atoms with E-state index >= 15 is 0 Å². The zero-order valence-corrected chi connectivity index (χ0v) is 20.5. The van der Waals surface area contributed by atoms with Crippen molar-refractivity contribution >= 4 is 11.5 Å². The SMILES string of the molecule is CCCN1[C@H](C(=O)NC2Cc3ccccc3C2)[C@@H](CO)[C@@H]2Cn3c(ccc(C4=CCCC4)c3=O)[C@@H]21. The molecule has 6 nitrogen and oxygen atoms in total. The molecule has 35 heavy (non-hydrogen) atoms. The lowest BCUT2D eigenvalue weighted by Gasteiger charge is -2.31. The molecule has 6 heteroatoms. The van der Waals surface area contributed by atoms with Crippen LogP contribution in [0.4, 0.5) is 0 Å². The van der Waals surface area contributed by atoms with Crippen molar-refractivity contribution in [1.29, 1.82) is 0 Å². The van der Waals surface area contributed by atoms with E-state index in [2.05, 4.69) is 53.5 Å². The number of pyridine rings is 1. The first-order chi connectivity index (χ1) is 17.1. The number of allylic oxidation sites excluding steroid dienone is 2. The van der Waals surface area contributed by atoms with E-state index in [1.54, 1.807) is 0 Å². The Kier molecular flexibility index (Phi) is 5.89. The van der Waals surface area contributed by atoms with Crippen molar-refractivity contribution in [1.82, 2.24) is 14.8 Å². The van der Waals surface area contributed by atoms with Crippen molar-refractivity contribution < 1.29 is 9.90 Å². The number of nitrogens with one attached hydrogen (secondary N) is 1. The highest BCUT2D eigenvalue weighted by Gasteiger charge is 2.55. The summed E-state index contributed by atoms with van der Waals surface area (Å²) in [4.78, 5) is 29.4. The first-order valence-corrected chi connectivity index (χ1v) is 13.3. The Morgan fingerprint density at radius 2 is 1.91 bits per heavy atom. The second-order valence-electron chi connectivity index (χ2n) is 10.7. The fourth-order valence-corrected chi connectivity index (χ4v) is 7.23. The molecule has 1 fully saturated rings. The lowest BCUT2D eigenvalue weighted by molar-refractivity contribution is -0.128. The van der Waals surface area contributed by atoms with Crippen molar-refractivity contribution in [3.05, 3.63) is 75.2 Å². The topological polar surface area (TPSA) is 74.6 Å². The van der Waals surface area contributed by atoms with E-state index in [1.807, 2.05) is 10.6 Å². The minimum atomic E-state index is -0.375. The Labute approximate surface area is 206 Å². The van der Waals surface area contributed by atoms with Gasteiger partial charge in [0.05, 0.1) is 12.1 Å². The Morgan fingerprint density at radius 1 is 1.14 bits per heavy atom. The van der Waals surface area contributed by atoms with Crippen molar-refractivity contribution in [2.45, 2.75) is 70.1 Å². The van der Waals surface area contributed by atoms with Crippen LogP contribution in [0.25, 0.3) is 5.57 Å². The summed E-state index contributed by atoms with van der Waals surface area (Å²) in [5.41, 5.74) is 5.70. The van der Waals surface area contributed by atoms with Gasteiger partial charge in [-0.25, -0.2) is 0 Å². The van der Waals surface area contributed by atoms with Gasteiger partial charge >= 0.3 is 0 Å². The third-order valence-corrected chi connectivity index (χ3v) is 8.73. The van der Waals surface area contributed by atoms with E-state index in [4.69, 9.17) is 0 Å². The molecule has 2 aliphatic heterocycles. The summed E-state index contributed by atoms with van der Waals surface area (Å²) in [5.74, 6) is -0.112. The summed E-state index contributed by atoms with van der Waals surface area (Å²) in [6, 6.07) is 12.2. The number of fused-ring (bicyclic) bond motifs is 4. The highest BCUT2D eigenvalue weighted by molar-refractivity contribution is 5.83. The van der Waals surface area contributed by atoms with E-state index in [0.717, 1.165) is 56.3 Å². The van der Waals surface area contributed by atoms with E-state index in [0.29, 0.717) is 6.54 Å². The normalized spacial score (nSPS) is 27.5. The smallest absolute Gasteiger partial charge is 0.258 e. The van der Waals surface area contributed by atoms with Gasteiger partial charge in [0.15, 0.2) is 0 Å². The van der Waals surface area contributed by atoms with Crippen LogP contribution in [0.3, 0.4) is 0 Å². The highest BCUT2D eigenvalue weighted by atomic mass is 16.3. The largest absolute Gasteiger partial charge is 0.396 e. The molecule has 0 bridgehead atoms. The molecule has 3 heterocycles. The van der Waals surface area contributed by atoms with E-state index in [-0.39, 0.29) is 48.0 Å². The first-order valence-electron chi connectivity index (χ1n) is 13.3. The molecule has 0 spiro atoms. The molecule has 0 saturated carbocycles. The first kappa shape index (κ1) is 22.7. The number of benzene rings is 1.